The van der Waals surface area contributed by atoms with Gasteiger partial charge in [-0.3, -0.25) is 19.2 Å². The zero-order chi connectivity index (χ0) is 36.6. The Morgan fingerprint density at radius 2 is 1.65 bits per heavy atom. The number of aromatic nitrogens is 2. The second-order valence-corrected chi connectivity index (χ2v) is 14.7. The van der Waals surface area contributed by atoms with Gasteiger partial charge in [-0.1, -0.05) is 71.4 Å². The van der Waals surface area contributed by atoms with E-state index in [4.69, 9.17) is 9.47 Å². The molecule has 0 radical (unpaired) electrons. The first-order valence-corrected chi connectivity index (χ1v) is 19.3. The third-order valence-electron chi connectivity index (χ3n) is 10.4. The standard InChI is InChI=1S/C42H56N6O4/c1-6-7-21-48-40-35(17-12-19-43-40)37(39(41(48)49)45-42(50)44-38-33(29(2)3)15-11-16-34(38)30(4)5)31-13-10-14-32(28-31)52-27-24-46-20-9-8-18-36(46)47-22-25-51-26-23-47/h10-17,19,28-30,36H,6-9,18,20-27H2,1-5H3,(H2,44,45,50). The largest absolute Gasteiger partial charge is 0.492 e. The molecule has 2 amide bonds. The molecule has 1 unspecified atom stereocenters. The van der Waals surface area contributed by atoms with Crippen LogP contribution in [0.2, 0.25) is 0 Å². The number of anilines is 2. The second kappa shape index (κ2) is 17.5. The molecule has 0 aliphatic carbocycles. The van der Waals surface area contributed by atoms with Crippen molar-refractivity contribution in [2.75, 3.05) is 56.6 Å². The lowest BCUT2D eigenvalue weighted by Gasteiger charge is -2.44. The highest BCUT2D eigenvalue weighted by Crippen LogP contribution is 2.36. The number of hydrogen-bond acceptors (Lipinski definition) is 7. The zero-order valence-corrected chi connectivity index (χ0v) is 31.6. The molecule has 6 rings (SSSR count). The van der Waals surface area contributed by atoms with E-state index in [-0.39, 0.29) is 23.1 Å². The molecule has 2 aliphatic heterocycles. The fourth-order valence-corrected chi connectivity index (χ4v) is 7.72. The van der Waals surface area contributed by atoms with E-state index in [1.54, 1.807) is 10.8 Å². The van der Waals surface area contributed by atoms with E-state index in [2.05, 4.69) is 72.2 Å². The van der Waals surface area contributed by atoms with E-state index in [1.165, 1.54) is 19.3 Å². The number of aryl methyl sites for hydroxylation is 1. The minimum Gasteiger partial charge on any atom is -0.492 e. The fourth-order valence-electron chi connectivity index (χ4n) is 7.72. The van der Waals surface area contributed by atoms with Crippen molar-refractivity contribution >= 4 is 28.4 Å². The van der Waals surface area contributed by atoms with Crippen LogP contribution in [0.1, 0.15) is 89.7 Å². The Morgan fingerprint density at radius 1 is 0.923 bits per heavy atom. The molecular formula is C42H56N6O4. The molecule has 278 valence electrons. The van der Waals surface area contributed by atoms with Crippen molar-refractivity contribution in [2.24, 2.45) is 0 Å². The molecule has 52 heavy (non-hydrogen) atoms. The van der Waals surface area contributed by atoms with E-state index < -0.39 is 6.03 Å². The second-order valence-electron chi connectivity index (χ2n) is 14.7. The molecule has 10 heteroatoms. The fraction of sp³-hybridized carbons (Fsp3) is 0.500. The lowest BCUT2D eigenvalue weighted by atomic mass is 9.93. The normalized spacial score (nSPS) is 17.2. The van der Waals surface area contributed by atoms with Gasteiger partial charge in [-0.2, -0.15) is 0 Å². The number of ether oxygens (including phenoxy) is 2. The maximum atomic E-state index is 14.4. The zero-order valence-electron chi connectivity index (χ0n) is 31.6. The van der Waals surface area contributed by atoms with Crippen molar-refractivity contribution in [1.82, 2.24) is 19.4 Å². The number of morpholine rings is 1. The summed E-state index contributed by atoms with van der Waals surface area (Å²) < 4.78 is 13.7. The molecule has 2 aromatic carbocycles. The van der Waals surface area contributed by atoms with Crippen LogP contribution in [0, 0.1) is 0 Å². The number of benzene rings is 2. The van der Waals surface area contributed by atoms with Crippen LogP contribution in [0.25, 0.3) is 22.2 Å². The van der Waals surface area contributed by atoms with Gasteiger partial charge in [0.1, 0.15) is 23.7 Å². The summed E-state index contributed by atoms with van der Waals surface area (Å²) >= 11 is 0. The molecule has 4 aromatic rings. The van der Waals surface area contributed by atoms with Gasteiger partial charge >= 0.3 is 6.03 Å². The van der Waals surface area contributed by atoms with Crippen LogP contribution in [0.4, 0.5) is 16.2 Å². The molecular weight excluding hydrogens is 653 g/mol. The highest BCUT2D eigenvalue weighted by molar-refractivity contribution is 6.07. The number of para-hydroxylation sites is 1. The Labute approximate surface area is 308 Å². The van der Waals surface area contributed by atoms with Gasteiger partial charge in [-0.15, -0.1) is 0 Å². The minimum absolute atomic E-state index is 0.200. The summed E-state index contributed by atoms with van der Waals surface area (Å²) in [6, 6.07) is 17.4. The summed E-state index contributed by atoms with van der Waals surface area (Å²) in [4.78, 5) is 38.2. The summed E-state index contributed by atoms with van der Waals surface area (Å²) in [7, 11) is 0. The van der Waals surface area contributed by atoms with E-state index in [0.29, 0.717) is 36.3 Å². The maximum absolute atomic E-state index is 14.4. The Hall–Kier alpha value is -4.25. The van der Waals surface area contributed by atoms with Gasteiger partial charge in [-0.05, 0) is 85.0 Å². The smallest absolute Gasteiger partial charge is 0.323 e. The van der Waals surface area contributed by atoms with Gasteiger partial charge in [0, 0.05) is 49.0 Å². The van der Waals surface area contributed by atoms with Gasteiger partial charge in [0.25, 0.3) is 5.56 Å². The monoisotopic (exact) mass is 708 g/mol. The third kappa shape index (κ3) is 8.51. The lowest BCUT2D eigenvalue weighted by molar-refractivity contribution is -0.0501. The summed E-state index contributed by atoms with van der Waals surface area (Å²) in [5, 5.41) is 6.98. The molecule has 4 heterocycles. The molecule has 0 saturated carbocycles. The van der Waals surface area contributed by atoms with Crippen LogP contribution in [-0.4, -0.2) is 77.5 Å². The highest BCUT2D eigenvalue weighted by atomic mass is 16.5. The number of piperidine rings is 1. The number of urea groups is 1. The van der Waals surface area contributed by atoms with Crippen LogP contribution in [0.5, 0.6) is 5.75 Å². The van der Waals surface area contributed by atoms with Gasteiger partial charge in [0.05, 0.1) is 19.4 Å². The number of unbranched alkanes of at least 4 members (excludes halogenated alkanes) is 1. The third-order valence-corrected chi connectivity index (χ3v) is 10.4. The number of rotatable bonds is 13. The van der Waals surface area contributed by atoms with Gasteiger partial charge in [0.2, 0.25) is 0 Å². The Balaban J connectivity index is 1.32. The summed E-state index contributed by atoms with van der Waals surface area (Å²) in [6.45, 7) is 17.0. The van der Waals surface area contributed by atoms with Gasteiger partial charge in [-0.25, -0.2) is 9.78 Å². The van der Waals surface area contributed by atoms with Crippen molar-refractivity contribution in [3.8, 4) is 16.9 Å². The number of hydrogen-bond donors (Lipinski definition) is 2. The highest BCUT2D eigenvalue weighted by Gasteiger charge is 2.29. The van der Waals surface area contributed by atoms with E-state index in [1.807, 2.05) is 42.5 Å². The predicted molar refractivity (Wildman–Crippen MR) is 211 cm³/mol. The van der Waals surface area contributed by atoms with E-state index in [9.17, 15) is 9.59 Å². The van der Waals surface area contributed by atoms with Gasteiger partial charge in [0.15, 0.2) is 0 Å². The number of nitrogens with zero attached hydrogens (tertiary/aromatic N) is 4. The predicted octanol–water partition coefficient (Wildman–Crippen LogP) is 8.28. The molecule has 2 aliphatic rings. The maximum Gasteiger partial charge on any atom is 0.323 e. The number of amides is 2. The number of carbonyl (C=O) groups is 1. The summed E-state index contributed by atoms with van der Waals surface area (Å²) in [5.41, 5.74) is 4.84. The quantitative estimate of drug-likeness (QED) is 0.144. The van der Waals surface area contributed by atoms with Crippen LogP contribution in [0.3, 0.4) is 0 Å². The van der Waals surface area contributed by atoms with Crippen LogP contribution >= 0.6 is 0 Å². The first-order chi connectivity index (χ1) is 25.3. The van der Waals surface area contributed by atoms with E-state index in [0.717, 1.165) is 80.0 Å². The minimum atomic E-state index is -0.456. The number of pyridine rings is 2. The number of fused-ring (bicyclic) bond motifs is 1. The number of likely N-dealkylation sites (tertiary alicyclic amines) is 1. The average molecular weight is 709 g/mol. The van der Waals surface area contributed by atoms with Crippen molar-refractivity contribution < 1.29 is 14.3 Å². The van der Waals surface area contributed by atoms with Crippen LogP contribution in [0.15, 0.2) is 65.6 Å². The Bertz CT molecular complexity index is 1860. The van der Waals surface area contributed by atoms with Crippen LogP contribution in [-0.2, 0) is 11.3 Å². The SMILES string of the molecule is CCCCn1c(=O)c(NC(=O)Nc2c(C(C)C)cccc2C(C)C)c(-c2cccc(OCCN3CCCCC3N3CCOCC3)c2)c2cccnc21. The first-order valence-electron chi connectivity index (χ1n) is 19.3. The number of carbonyl (C=O) groups excluding carboxylic acids is 1. The molecule has 0 bridgehead atoms. The Kier molecular flexibility index (Phi) is 12.6. The van der Waals surface area contributed by atoms with Crippen molar-refractivity contribution in [3.05, 3.63) is 82.3 Å². The molecule has 2 aromatic heterocycles. The Morgan fingerprint density at radius 3 is 2.38 bits per heavy atom. The number of nitrogens with one attached hydrogen (secondary N) is 2. The molecule has 2 N–H and O–H groups in total. The lowest BCUT2D eigenvalue weighted by Crippen LogP contribution is -2.55. The molecule has 0 spiro atoms. The van der Waals surface area contributed by atoms with Crippen LogP contribution < -0.4 is 20.9 Å². The van der Waals surface area contributed by atoms with Crippen molar-refractivity contribution in [1.29, 1.82) is 0 Å². The molecule has 1 atom stereocenters. The molecule has 2 saturated heterocycles. The summed E-state index contributed by atoms with van der Waals surface area (Å²) in [5.74, 6) is 1.11. The van der Waals surface area contributed by atoms with E-state index >= 15 is 0 Å². The molecule has 10 nitrogen and oxygen atoms in total. The average Bonchev–Trinajstić information content (AvgIpc) is 3.15. The first kappa shape index (κ1) is 37.5. The summed E-state index contributed by atoms with van der Waals surface area (Å²) in [6.07, 6.45) is 7.49. The topological polar surface area (TPSA) is 101 Å². The van der Waals surface area contributed by atoms with Crippen molar-refractivity contribution in [3.63, 3.8) is 0 Å². The molecule has 2 fully saturated rings. The van der Waals surface area contributed by atoms with Gasteiger partial charge < -0.3 is 20.1 Å². The van der Waals surface area contributed by atoms with Crippen molar-refractivity contribution in [2.45, 2.75) is 91.3 Å².